The Labute approximate surface area is 185 Å². The first-order valence-corrected chi connectivity index (χ1v) is 12.5. The summed E-state index contributed by atoms with van der Waals surface area (Å²) >= 11 is 0. The highest BCUT2D eigenvalue weighted by Gasteiger charge is 2.17. The van der Waals surface area contributed by atoms with E-state index >= 15 is 0 Å². The van der Waals surface area contributed by atoms with Gasteiger partial charge < -0.3 is 10.2 Å². The molecule has 2 aromatic rings. The van der Waals surface area contributed by atoms with Gasteiger partial charge in [0.2, 0.25) is 0 Å². The van der Waals surface area contributed by atoms with E-state index in [0.717, 1.165) is 0 Å². The maximum absolute atomic E-state index is 10.4. The Kier molecular flexibility index (Phi) is 12.8. The molecule has 0 spiro atoms. The summed E-state index contributed by atoms with van der Waals surface area (Å²) in [5, 5.41) is 18.8. The van der Waals surface area contributed by atoms with Crippen LogP contribution >= 0.6 is 0 Å². The molecular formula is C21H32O8S2. The molecule has 31 heavy (non-hydrogen) atoms. The average molecular weight is 477 g/mol. The zero-order chi connectivity index (χ0) is 24.2. The maximum Gasteiger partial charge on any atom is 0.294 e. The van der Waals surface area contributed by atoms with Crippen LogP contribution in [0.5, 0.6) is 0 Å². The molecule has 0 aliphatic carbocycles. The molecule has 0 aliphatic heterocycles. The highest BCUT2D eigenvalue weighted by atomic mass is 32.2. The Morgan fingerprint density at radius 2 is 0.871 bits per heavy atom. The van der Waals surface area contributed by atoms with Crippen molar-refractivity contribution in [3.8, 4) is 0 Å². The van der Waals surface area contributed by atoms with Gasteiger partial charge in [-0.05, 0) is 42.5 Å². The van der Waals surface area contributed by atoms with Crippen LogP contribution < -0.4 is 0 Å². The Hall–Kier alpha value is -1.82. The van der Waals surface area contributed by atoms with Crippen molar-refractivity contribution in [3.63, 3.8) is 0 Å². The number of hydrogen-bond donors (Lipinski definition) is 4. The fourth-order valence-electron chi connectivity index (χ4n) is 1.98. The van der Waals surface area contributed by atoms with Gasteiger partial charge in [0.25, 0.3) is 20.2 Å². The molecule has 0 aromatic heterocycles. The molecule has 0 aliphatic rings. The van der Waals surface area contributed by atoms with Crippen LogP contribution in [0.2, 0.25) is 0 Å². The van der Waals surface area contributed by atoms with Crippen molar-refractivity contribution in [2.45, 2.75) is 56.1 Å². The molecule has 10 heteroatoms. The molecule has 0 saturated heterocycles. The molecule has 0 heterocycles. The second-order valence-corrected chi connectivity index (χ2v) is 10.3. The third-order valence-corrected chi connectivity index (χ3v) is 5.84. The van der Waals surface area contributed by atoms with Crippen molar-refractivity contribution in [2.75, 3.05) is 0 Å². The summed E-state index contributed by atoms with van der Waals surface area (Å²) in [5.74, 6) is 0.479. The molecule has 2 aromatic carbocycles. The van der Waals surface area contributed by atoms with Crippen molar-refractivity contribution in [1.29, 1.82) is 0 Å². The molecule has 0 bridgehead atoms. The molecule has 0 fully saturated rings. The normalized spacial score (nSPS) is 13.5. The minimum atomic E-state index is -4.00. The van der Waals surface area contributed by atoms with Gasteiger partial charge in [-0.2, -0.15) is 16.8 Å². The van der Waals surface area contributed by atoms with Crippen LogP contribution in [0.4, 0.5) is 0 Å². The average Bonchev–Trinajstić information content (AvgIpc) is 2.69. The van der Waals surface area contributed by atoms with E-state index in [-0.39, 0.29) is 33.8 Å². The van der Waals surface area contributed by atoms with Crippen LogP contribution in [0, 0.1) is 11.8 Å². The Morgan fingerprint density at radius 1 is 0.613 bits per heavy atom. The zero-order valence-corrected chi connectivity index (χ0v) is 19.7. The zero-order valence-electron chi connectivity index (χ0n) is 18.0. The Bertz CT molecular complexity index is 862. The van der Waals surface area contributed by atoms with E-state index in [1.807, 2.05) is 27.7 Å². The minimum Gasteiger partial charge on any atom is -0.393 e. The standard InChI is InChI=1S/C9H20O2.2C6H6O3S/c1-6(2)8(10)5-9(11)7(3)4;2*7-10(8,9)6-4-2-1-3-5-6/h6-11H,5H2,1-4H3;2*1-5H,(H,7,8,9). The van der Waals surface area contributed by atoms with Crippen molar-refractivity contribution in [3.05, 3.63) is 60.7 Å². The lowest BCUT2D eigenvalue weighted by molar-refractivity contribution is 0.0326. The van der Waals surface area contributed by atoms with E-state index in [9.17, 15) is 27.0 Å². The molecule has 0 radical (unpaired) electrons. The second kappa shape index (κ2) is 13.6. The highest BCUT2D eigenvalue weighted by molar-refractivity contribution is 7.86. The first-order valence-electron chi connectivity index (χ1n) is 9.57. The molecule has 2 atom stereocenters. The second-order valence-electron chi connectivity index (χ2n) is 7.43. The summed E-state index contributed by atoms with van der Waals surface area (Å²) in [4.78, 5) is -0.148. The highest BCUT2D eigenvalue weighted by Crippen LogP contribution is 2.13. The van der Waals surface area contributed by atoms with E-state index < -0.39 is 20.2 Å². The lowest BCUT2D eigenvalue weighted by Gasteiger charge is -2.20. The SMILES string of the molecule is CC(C)C(O)CC(O)C(C)C.O=S(=O)(O)c1ccccc1.O=S(=O)(O)c1ccccc1. The van der Waals surface area contributed by atoms with Gasteiger partial charge in [0.15, 0.2) is 0 Å². The van der Waals surface area contributed by atoms with E-state index in [1.54, 1.807) is 36.4 Å². The molecule has 4 N–H and O–H groups in total. The number of hydrogen-bond acceptors (Lipinski definition) is 6. The third kappa shape index (κ3) is 13.2. The predicted octanol–water partition coefficient (Wildman–Crippen LogP) is 3.28. The molecule has 0 amide bonds. The molecule has 8 nitrogen and oxygen atoms in total. The first kappa shape index (κ1) is 29.2. The van der Waals surface area contributed by atoms with Crippen LogP contribution in [0.15, 0.2) is 70.5 Å². The lowest BCUT2D eigenvalue weighted by atomic mass is 9.95. The topological polar surface area (TPSA) is 149 Å². The van der Waals surface area contributed by atoms with Crippen LogP contribution in [0.1, 0.15) is 34.1 Å². The largest absolute Gasteiger partial charge is 0.393 e. The number of aliphatic hydroxyl groups is 2. The van der Waals surface area contributed by atoms with E-state index in [0.29, 0.717) is 6.42 Å². The van der Waals surface area contributed by atoms with E-state index in [4.69, 9.17) is 9.11 Å². The molecular weight excluding hydrogens is 444 g/mol. The third-order valence-electron chi connectivity index (χ3n) is 4.10. The number of benzene rings is 2. The monoisotopic (exact) mass is 476 g/mol. The van der Waals surface area contributed by atoms with Crippen molar-refractivity contribution in [2.24, 2.45) is 11.8 Å². The van der Waals surface area contributed by atoms with Gasteiger partial charge in [-0.25, -0.2) is 0 Å². The molecule has 0 saturated carbocycles. The minimum absolute atomic E-state index is 0.0741. The van der Waals surface area contributed by atoms with Crippen LogP contribution in [-0.4, -0.2) is 48.4 Å². The van der Waals surface area contributed by atoms with Gasteiger partial charge in [0, 0.05) is 0 Å². The van der Waals surface area contributed by atoms with Crippen molar-refractivity contribution >= 4 is 20.2 Å². The Balaban J connectivity index is 0.000000436. The van der Waals surface area contributed by atoms with E-state index in [2.05, 4.69) is 0 Å². The van der Waals surface area contributed by atoms with Gasteiger partial charge in [0.05, 0.1) is 22.0 Å². The Morgan fingerprint density at radius 3 is 1.03 bits per heavy atom. The summed E-state index contributed by atoms with van der Waals surface area (Å²) in [7, 11) is -8.01. The molecule has 2 unspecified atom stereocenters. The quantitative estimate of drug-likeness (QED) is 0.464. The first-order chi connectivity index (χ1) is 14.2. The summed E-state index contributed by atoms with van der Waals surface area (Å²) in [6.45, 7) is 7.82. The van der Waals surface area contributed by atoms with Gasteiger partial charge in [-0.3, -0.25) is 9.11 Å². The summed E-state index contributed by atoms with van der Waals surface area (Å²) in [6, 6.07) is 14.8. The summed E-state index contributed by atoms with van der Waals surface area (Å²) in [5.41, 5.74) is 0. The maximum atomic E-state index is 10.4. The fraction of sp³-hybridized carbons (Fsp3) is 0.429. The van der Waals surface area contributed by atoms with Crippen LogP contribution in [0.25, 0.3) is 0 Å². The van der Waals surface area contributed by atoms with Gasteiger partial charge in [0.1, 0.15) is 0 Å². The predicted molar refractivity (Wildman–Crippen MR) is 119 cm³/mol. The van der Waals surface area contributed by atoms with Gasteiger partial charge in [-0.15, -0.1) is 0 Å². The molecule has 176 valence electrons. The van der Waals surface area contributed by atoms with Crippen LogP contribution in [-0.2, 0) is 20.2 Å². The summed E-state index contributed by atoms with van der Waals surface area (Å²) < 4.78 is 58.5. The number of aliphatic hydroxyl groups excluding tert-OH is 2. The molecule has 2 rings (SSSR count). The van der Waals surface area contributed by atoms with E-state index in [1.165, 1.54) is 24.3 Å². The van der Waals surface area contributed by atoms with Crippen LogP contribution in [0.3, 0.4) is 0 Å². The van der Waals surface area contributed by atoms with Crippen molar-refractivity contribution in [1.82, 2.24) is 0 Å². The fourth-order valence-corrected chi connectivity index (χ4v) is 2.98. The smallest absolute Gasteiger partial charge is 0.294 e. The van der Waals surface area contributed by atoms with Gasteiger partial charge >= 0.3 is 0 Å². The van der Waals surface area contributed by atoms with Gasteiger partial charge in [-0.1, -0.05) is 64.1 Å². The summed E-state index contributed by atoms with van der Waals surface area (Å²) in [6.07, 6.45) is -0.241. The number of rotatable bonds is 6. The van der Waals surface area contributed by atoms with Crippen molar-refractivity contribution < 1.29 is 36.2 Å². The lowest BCUT2D eigenvalue weighted by Crippen LogP contribution is -2.25.